The zero-order valence-corrected chi connectivity index (χ0v) is 21.5. The van der Waals surface area contributed by atoms with Gasteiger partial charge in [0.25, 0.3) is 0 Å². The van der Waals surface area contributed by atoms with E-state index in [9.17, 15) is 14.4 Å². The van der Waals surface area contributed by atoms with Gasteiger partial charge in [-0.25, -0.2) is 9.59 Å². The lowest BCUT2D eigenvalue weighted by Crippen LogP contribution is -2.46. The fraction of sp³-hybridized carbons (Fsp3) is 0.423. The third-order valence-corrected chi connectivity index (χ3v) is 5.38. The van der Waals surface area contributed by atoms with E-state index < -0.39 is 23.8 Å². The highest BCUT2D eigenvalue weighted by molar-refractivity contribution is 9.09. The van der Waals surface area contributed by atoms with Gasteiger partial charge in [0.05, 0.1) is 11.4 Å². The van der Waals surface area contributed by atoms with Gasteiger partial charge in [-0.1, -0.05) is 64.5 Å². The van der Waals surface area contributed by atoms with Crippen molar-refractivity contribution in [3.8, 4) is 0 Å². The zero-order valence-electron chi connectivity index (χ0n) is 20.0. The van der Waals surface area contributed by atoms with Crippen LogP contribution in [0.4, 0.5) is 15.3 Å². The topological polar surface area (TPSA) is 84.9 Å². The molecule has 0 aliphatic rings. The Kier molecular flexibility index (Phi) is 11.1. The molecule has 8 heteroatoms. The van der Waals surface area contributed by atoms with Crippen molar-refractivity contribution in [3.05, 3.63) is 66.2 Å². The summed E-state index contributed by atoms with van der Waals surface area (Å²) in [4.78, 5) is 39.2. The number of carbonyl (C=O) groups excluding carboxylic acids is 3. The summed E-state index contributed by atoms with van der Waals surface area (Å²) in [6.45, 7) is 5.93. The number of ether oxygens (including phenoxy) is 2. The summed E-state index contributed by atoms with van der Waals surface area (Å²) in [6.07, 6.45) is 0.620. The van der Waals surface area contributed by atoms with Crippen LogP contribution < -0.4 is 10.2 Å². The molecule has 2 rings (SSSR count). The molecule has 1 unspecified atom stereocenters. The molecule has 0 radical (unpaired) electrons. The summed E-state index contributed by atoms with van der Waals surface area (Å²) in [6, 6.07) is 17.7. The number of hydrogen-bond acceptors (Lipinski definition) is 5. The van der Waals surface area contributed by atoms with Crippen LogP contribution in [0.1, 0.15) is 45.6 Å². The smallest absolute Gasteiger partial charge is 0.415 e. The molecule has 0 spiro atoms. The van der Waals surface area contributed by atoms with Gasteiger partial charge in [-0.15, -0.1) is 0 Å². The minimum atomic E-state index is -0.702. The lowest BCUT2D eigenvalue weighted by Gasteiger charge is -2.30. The quantitative estimate of drug-likeness (QED) is 0.289. The Balaban J connectivity index is 2.05. The number of unbranched alkanes of at least 4 members (excludes halogenated alkanes) is 1. The van der Waals surface area contributed by atoms with Crippen molar-refractivity contribution in [1.29, 1.82) is 0 Å². The molecular weight excluding hydrogens is 500 g/mol. The maximum absolute atomic E-state index is 13.2. The number of amides is 2. The van der Waals surface area contributed by atoms with Crippen LogP contribution in [0.25, 0.3) is 0 Å². The average molecular weight is 533 g/mol. The van der Waals surface area contributed by atoms with Crippen LogP contribution in [-0.2, 0) is 20.9 Å². The number of para-hydroxylation sites is 1. The van der Waals surface area contributed by atoms with Crippen LogP contribution in [0, 0.1) is 0 Å². The van der Waals surface area contributed by atoms with Crippen LogP contribution in [0.15, 0.2) is 60.7 Å². The van der Waals surface area contributed by atoms with Crippen LogP contribution in [0.2, 0.25) is 0 Å². The summed E-state index contributed by atoms with van der Waals surface area (Å²) in [7, 11) is 0. The minimum absolute atomic E-state index is 0.109. The van der Waals surface area contributed by atoms with Crippen molar-refractivity contribution < 1.29 is 23.9 Å². The number of nitrogens with zero attached hydrogens (tertiary/aromatic N) is 1. The molecule has 184 valence electrons. The van der Waals surface area contributed by atoms with E-state index in [2.05, 4.69) is 21.2 Å². The predicted octanol–water partition coefficient (Wildman–Crippen LogP) is 5.86. The number of Topliss-reactive ketones (excluding diaryl/α,β-unsaturated/α-hetero) is 1. The monoisotopic (exact) mass is 532 g/mol. The SMILES string of the molecule is CC(C)(C)OC(=O)NCCCCC(C(=O)CBr)N(C(=O)OCc1ccccc1)c1ccccc1. The number of benzene rings is 2. The standard InChI is InChI=1S/C26H33BrN2O5/c1-26(2,3)34-24(31)28-17-11-10-16-22(23(30)18-27)29(21-14-8-5-9-15-21)25(32)33-19-20-12-6-4-7-13-20/h4-9,12-15,22H,10-11,16-19H2,1-3H3,(H,28,31). The van der Waals surface area contributed by atoms with E-state index in [1.54, 1.807) is 32.9 Å². The summed E-state index contributed by atoms with van der Waals surface area (Å²) in [5.74, 6) is -0.124. The van der Waals surface area contributed by atoms with Crippen LogP contribution in [-0.4, -0.2) is 41.5 Å². The van der Waals surface area contributed by atoms with Gasteiger partial charge in [-0.05, 0) is 57.7 Å². The van der Waals surface area contributed by atoms with Gasteiger partial charge in [0.1, 0.15) is 12.2 Å². The molecule has 7 nitrogen and oxygen atoms in total. The molecule has 1 N–H and O–H groups in total. The number of rotatable bonds is 11. The lowest BCUT2D eigenvalue weighted by atomic mass is 10.0. The van der Waals surface area contributed by atoms with Crippen molar-refractivity contribution in [1.82, 2.24) is 5.32 Å². The van der Waals surface area contributed by atoms with Crippen molar-refractivity contribution in [2.45, 2.75) is 58.3 Å². The summed E-state index contributed by atoms with van der Waals surface area (Å²) in [5, 5.41) is 2.83. The molecule has 1 atom stereocenters. The maximum atomic E-state index is 13.2. The Morgan fingerprint density at radius 3 is 2.18 bits per heavy atom. The highest BCUT2D eigenvalue weighted by Crippen LogP contribution is 2.23. The first kappa shape index (κ1) is 27.4. The normalized spacial score (nSPS) is 11.9. The fourth-order valence-corrected chi connectivity index (χ4v) is 3.65. The van der Waals surface area contributed by atoms with Gasteiger partial charge in [0.15, 0.2) is 5.78 Å². The Labute approximate surface area is 209 Å². The first-order valence-electron chi connectivity index (χ1n) is 11.3. The average Bonchev–Trinajstić information content (AvgIpc) is 2.81. The van der Waals surface area contributed by atoms with Gasteiger partial charge in [0, 0.05) is 12.2 Å². The third kappa shape index (κ3) is 9.55. The van der Waals surface area contributed by atoms with Gasteiger partial charge in [-0.2, -0.15) is 0 Å². The van der Waals surface area contributed by atoms with Crippen LogP contribution >= 0.6 is 15.9 Å². The van der Waals surface area contributed by atoms with E-state index >= 15 is 0 Å². The molecule has 0 saturated carbocycles. The Morgan fingerprint density at radius 2 is 1.59 bits per heavy atom. The van der Waals surface area contributed by atoms with E-state index in [1.165, 1.54) is 4.90 Å². The lowest BCUT2D eigenvalue weighted by molar-refractivity contribution is -0.117. The number of carbonyl (C=O) groups is 3. The number of anilines is 1. The molecule has 0 aliphatic heterocycles. The largest absolute Gasteiger partial charge is 0.444 e. The number of alkyl carbamates (subject to hydrolysis) is 1. The van der Waals surface area contributed by atoms with Crippen molar-refractivity contribution >= 4 is 39.6 Å². The Morgan fingerprint density at radius 1 is 0.971 bits per heavy atom. The van der Waals surface area contributed by atoms with E-state index in [0.29, 0.717) is 31.5 Å². The molecule has 0 aromatic heterocycles. The van der Waals surface area contributed by atoms with Crippen LogP contribution in [0.3, 0.4) is 0 Å². The number of ketones is 1. The molecule has 0 heterocycles. The Hall–Kier alpha value is -2.87. The summed E-state index contributed by atoms with van der Waals surface area (Å²) >= 11 is 3.25. The van der Waals surface area contributed by atoms with Gasteiger partial charge < -0.3 is 14.8 Å². The number of nitrogens with one attached hydrogen (secondary N) is 1. The first-order valence-corrected chi connectivity index (χ1v) is 12.4. The minimum Gasteiger partial charge on any atom is -0.444 e. The van der Waals surface area contributed by atoms with Gasteiger partial charge >= 0.3 is 12.2 Å². The van der Waals surface area contributed by atoms with Crippen molar-refractivity contribution in [2.75, 3.05) is 16.8 Å². The molecule has 0 fully saturated rings. The summed E-state index contributed by atoms with van der Waals surface area (Å²) < 4.78 is 10.8. The van der Waals surface area contributed by atoms with E-state index in [0.717, 1.165) is 5.56 Å². The van der Waals surface area contributed by atoms with Crippen LogP contribution in [0.5, 0.6) is 0 Å². The van der Waals surface area contributed by atoms with Crippen molar-refractivity contribution in [2.24, 2.45) is 0 Å². The highest BCUT2D eigenvalue weighted by atomic mass is 79.9. The van der Waals surface area contributed by atoms with E-state index in [4.69, 9.17) is 9.47 Å². The predicted molar refractivity (Wildman–Crippen MR) is 136 cm³/mol. The van der Waals surface area contributed by atoms with Gasteiger partial charge in [0.2, 0.25) is 0 Å². The number of hydrogen-bond donors (Lipinski definition) is 1. The molecular formula is C26H33BrN2O5. The second-order valence-electron chi connectivity index (χ2n) is 8.79. The second-order valence-corrected chi connectivity index (χ2v) is 9.35. The Bertz CT molecular complexity index is 916. The molecule has 0 bridgehead atoms. The highest BCUT2D eigenvalue weighted by Gasteiger charge is 2.31. The number of halogens is 1. The fourth-order valence-electron chi connectivity index (χ4n) is 3.28. The first-order chi connectivity index (χ1) is 16.2. The van der Waals surface area contributed by atoms with E-state index in [-0.39, 0.29) is 17.7 Å². The van der Waals surface area contributed by atoms with Gasteiger partial charge in [-0.3, -0.25) is 9.69 Å². The molecule has 2 aromatic rings. The molecule has 0 saturated heterocycles. The summed E-state index contributed by atoms with van der Waals surface area (Å²) in [5.41, 5.74) is 0.889. The second kappa shape index (κ2) is 13.7. The molecule has 0 aliphatic carbocycles. The van der Waals surface area contributed by atoms with E-state index in [1.807, 2.05) is 48.5 Å². The molecule has 34 heavy (non-hydrogen) atoms. The molecule has 2 amide bonds. The molecule has 2 aromatic carbocycles. The zero-order chi connectivity index (χ0) is 25.0. The maximum Gasteiger partial charge on any atom is 0.415 e. The van der Waals surface area contributed by atoms with Crippen molar-refractivity contribution in [3.63, 3.8) is 0 Å². The number of alkyl halides is 1. The third-order valence-electron chi connectivity index (χ3n) is 4.82.